The highest BCUT2D eigenvalue weighted by Crippen LogP contribution is 2.43. The fourth-order valence-electron chi connectivity index (χ4n) is 4.31. The first-order chi connectivity index (χ1) is 15.4. The highest BCUT2D eigenvalue weighted by atomic mass is 16.5. The van der Waals surface area contributed by atoms with Gasteiger partial charge >= 0.3 is 0 Å². The summed E-state index contributed by atoms with van der Waals surface area (Å²) >= 11 is 0. The molecule has 2 aliphatic heterocycles. The predicted octanol–water partition coefficient (Wildman–Crippen LogP) is 3.47. The number of carbonyl (C=O) groups excluding carboxylic acids is 1. The Hall–Kier alpha value is -3.03. The molecule has 0 radical (unpaired) electrons. The second kappa shape index (κ2) is 9.22. The quantitative estimate of drug-likeness (QED) is 0.693. The molecule has 170 valence electrons. The third kappa shape index (κ3) is 4.18. The van der Waals surface area contributed by atoms with Crippen molar-refractivity contribution in [3.63, 3.8) is 0 Å². The largest absolute Gasteiger partial charge is 0.507 e. The summed E-state index contributed by atoms with van der Waals surface area (Å²) in [6.45, 7) is 9.37. The highest BCUT2D eigenvalue weighted by Gasteiger charge is 2.34. The van der Waals surface area contributed by atoms with E-state index in [9.17, 15) is 9.90 Å². The van der Waals surface area contributed by atoms with Crippen LogP contribution in [0.2, 0.25) is 0 Å². The van der Waals surface area contributed by atoms with Gasteiger partial charge in [-0.05, 0) is 49.4 Å². The van der Waals surface area contributed by atoms with Crippen LogP contribution in [-0.4, -0.2) is 67.6 Å². The van der Waals surface area contributed by atoms with Crippen LogP contribution in [0.5, 0.6) is 23.0 Å². The van der Waals surface area contributed by atoms with Gasteiger partial charge in [0.2, 0.25) is 5.78 Å². The number of phenols is 1. The summed E-state index contributed by atoms with van der Waals surface area (Å²) < 4.78 is 16.8. The maximum absolute atomic E-state index is 13.2. The lowest BCUT2D eigenvalue weighted by Crippen LogP contribution is -2.45. The molecule has 0 bridgehead atoms. The smallest absolute Gasteiger partial charge is 0.232 e. The number of ketones is 1. The van der Waals surface area contributed by atoms with Crippen molar-refractivity contribution in [3.05, 3.63) is 52.3 Å². The number of nitrogens with zero attached hydrogens (tertiary/aromatic N) is 2. The molecular formula is C25H30N2O5. The zero-order valence-corrected chi connectivity index (χ0v) is 19.1. The van der Waals surface area contributed by atoms with Crippen molar-refractivity contribution in [1.82, 2.24) is 9.80 Å². The Labute approximate surface area is 188 Å². The molecule has 1 saturated heterocycles. The van der Waals surface area contributed by atoms with E-state index in [2.05, 4.69) is 16.7 Å². The summed E-state index contributed by atoms with van der Waals surface area (Å²) in [7, 11) is 3.17. The van der Waals surface area contributed by atoms with Crippen LogP contribution in [0.4, 0.5) is 0 Å². The number of allylic oxidation sites excluding steroid dienone is 1. The monoisotopic (exact) mass is 438 g/mol. The van der Waals surface area contributed by atoms with Gasteiger partial charge in [-0.1, -0.05) is 6.92 Å². The number of benzene rings is 2. The third-order valence-corrected chi connectivity index (χ3v) is 6.24. The molecular weight excluding hydrogens is 408 g/mol. The fraction of sp³-hybridized carbons (Fsp3) is 0.400. The van der Waals surface area contributed by atoms with E-state index in [1.165, 1.54) is 0 Å². The van der Waals surface area contributed by atoms with Crippen molar-refractivity contribution in [2.24, 2.45) is 0 Å². The standard InChI is InChI=1S/C25H30N2O5/c1-5-26-8-10-27(11-9-26)15-19-20(28)12-16(2)23-24(29)22(32-25(19)23)14-17-13-18(30-3)6-7-21(17)31-4/h6-7,12-14,28H,5,8-11,15H2,1-4H3/b22-14-. The molecule has 2 aliphatic rings. The molecule has 0 unspecified atom stereocenters. The van der Waals surface area contributed by atoms with E-state index < -0.39 is 0 Å². The number of likely N-dealkylation sites (N-methyl/N-ethyl adjacent to an activating group) is 1. The van der Waals surface area contributed by atoms with Gasteiger partial charge in [-0.25, -0.2) is 0 Å². The molecule has 7 heteroatoms. The van der Waals surface area contributed by atoms with Gasteiger partial charge in [-0.3, -0.25) is 9.69 Å². The second-order valence-corrected chi connectivity index (χ2v) is 8.15. The molecule has 2 aromatic rings. The van der Waals surface area contributed by atoms with Gasteiger partial charge in [0.25, 0.3) is 0 Å². The van der Waals surface area contributed by atoms with Gasteiger partial charge in [0.15, 0.2) is 5.76 Å². The van der Waals surface area contributed by atoms with Gasteiger partial charge in [0.05, 0.1) is 25.3 Å². The van der Waals surface area contributed by atoms with E-state index in [-0.39, 0.29) is 17.3 Å². The molecule has 32 heavy (non-hydrogen) atoms. The number of aromatic hydroxyl groups is 1. The lowest BCUT2D eigenvalue weighted by molar-refractivity contribution is 0.101. The zero-order chi connectivity index (χ0) is 22.8. The average Bonchev–Trinajstić information content (AvgIpc) is 3.13. The number of piperazine rings is 1. The molecule has 0 spiro atoms. The number of aryl methyl sites for hydroxylation is 1. The van der Waals surface area contributed by atoms with Crippen LogP contribution in [-0.2, 0) is 6.54 Å². The number of ether oxygens (including phenoxy) is 3. The number of rotatable bonds is 6. The summed E-state index contributed by atoms with van der Waals surface area (Å²) in [6.07, 6.45) is 1.67. The molecule has 0 saturated carbocycles. The van der Waals surface area contributed by atoms with Crippen LogP contribution in [0, 0.1) is 6.92 Å². The first-order valence-corrected chi connectivity index (χ1v) is 10.9. The van der Waals surface area contributed by atoms with Gasteiger partial charge < -0.3 is 24.2 Å². The second-order valence-electron chi connectivity index (χ2n) is 8.15. The average molecular weight is 439 g/mol. The summed E-state index contributed by atoms with van der Waals surface area (Å²) in [5, 5.41) is 10.7. The van der Waals surface area contributed by atoms with E-state index in [1.54, 1.807) is 44.6 Å². The number of hydrogen-bond donors (Lipinski definition) is 1. The lowest BCUT2D eigenvalue weighted by atomic mass is 9.99. The van der Waals surface area contributed by atoms with Crippen molar-refractivity contribution in [2.45, 2.75) is 20.4 Å². The minimum atomic E-state index is -0.195. The number of carbonyl (C=O) groups is 1. The first kappa shape index (κ1) is 22.2. The van der Waals surface area contributed by atoms with Gasteiger partial charge in [-0.2, -0.15) is 0 Å². The maximum atomic E-state index is 13.2. The predicted molar refractivity (Wildman–Crippen MR) is 123 cm³/mol. The first-order valence-electron chi connectivity index (χ1n) is 10.9. The van der Waals surface area contributed by atoms with Crippen molar-refractivity contribution >= 4 is 11.9 Å². The van der Waals surface area contributed by atoms with Crippen molar-refractivity contribution in [2.75, 3.05) is 46.9 Å². The van der Waals surface area contributed by atoms with Crippen molar-refractivity contribution < 1.29 is 24.1 Å². The highest BCUT2D eigenvalue weighted by molar-refractivity contribution is 6.16. The molecule has 0 aromatic heterocycles. The molecule has 1 N–H and O–H groups in total. The Morgan fingerprint density at radius 1 is 1.09 bits per heavy atom. The van der Waals surface area contributed by atoms with Crippen molar-refractivity contribution in [1.29, 1.82) is 0 Å². The van der Waals surface area contributed by atoms with E-state index in [0.717, 1.165) is 32.7 Å². The van der Waals surface area contributed by atoms with Crippen molar-refractivity contribution in [3.8, 4) is 23.0 Å². The van der Waals surface area contributed by atoms with Crippen LogP contribution in [0.25, 0.3) is 6.08 Å². The summed E-state index contributed by atoms with van der Waals surface area (Å²) in [5.74, 6) is 1.89. The van der Waals surface area contributed by atoms with Crippen LogP contribution in [0.1, 0.15) is 34.0 Å². The van der Waals surface area contributed by atoms with E-state index >= 15 is 0 Å². The van der Waals surface area contributed by atoms with Crippen LogP contribution in [0.3, 0.4) is 0 Å². The summed E-state index contributed by atoms with van der Waals surface area (Å²) in [4.78, 5) is 17.9. The van der Waals surface area contributed by atoms with Crippen LogP contribution in [0.15, 0.2) is 30.0 Å². The zero-order valence-electron chi connectivity index (χ0n) is 19.1. The Morgan fingerprint density at radius 2 is 1.81 bits per heavy atom. The number of Topliss-reactive ketones (excluding diaryl/α,β-unsaturated/α-hetero) is 1. The van der Waals surface area contributed by atoms with Gasteiger partial charge in [-0.15, -0.1) is 0 Å². The molecule has 0 amide bonds. The molecule has 7 nitrogen and oxygen atoms in total. The topological polar surface area (TPSA) is 71.5 Å². The van der Waals surface area contributed by atoms with Crippen LogP contribution >= 0.6 is 0 Å². The Bertz CT molecular complexity index is 1050. The van der Waals surface area contributed by atoms with Crippen LogP contribution < -0.4 is 14.2 Å². The van der Waals surface area contributed by atoms with E-state index in [4.69, 9.17) is 14.2 Å². The lowest BCUT2D eigenvalue weighted by Gasteiger charge is -2.34. The minimum Gasteiger partial charge on any atom is -0.507 e. The minimum absolute atomic E-state index is 0.159. The SMILES string of the molecule is CCN1CCN(Cc2c(O)cc(C)c3c2O/C(=C\c2cc(OC)ccc2OC)C3=O)CC1. The number of methoxy groups -OCH3 is 2. The molecule has 1 fully saturated rings. The molecule has 2 aromatic carbocycles. The molecule has 0 aliphatic carbocycles. The number of fused-ring (bicyclic) bond motifs is 1. The number of phenolic OH excluding ortho intramolecular Hbond substituents is 1. The molecule has 2 heterocycles. The Morgan fingerprint density at radius 3 is 2.47 bits per heavy atom. The summed E-state index contributed by atoms with van der Waals surface area (Å²) in [5.41, 5.74) is 2.55. The fourth-order valence-corrected chi connectivity index (χ4v) is 4.31. The number of hydrogen-bond acceptors (Lipinski definition) is 7. The maximum Gasteiger partial charge on any atom is 0.232 e. The normalized spacial score (nSPS) is 18.0. The summed E-state index contributed by atoms with van der Waals surface area (Å²) in [6, 6.07) is 7.04. The van der Waals surface area contributed by atoms with Gasteiger partial charge in [0, 0.05) is 38.3 Å². The van der Waals surface area contributed by atoms with Gasteiger partial charge in [0.1, 0.15) is 23.0 Å². The third-order valence-electron chi connectivity index (χ3n) is 6.24. The van der Waals surface area contributed by atoms with E-state index in [1.807, 2.05) is 6.92 Å². The molecule has 0 atom stereocenters. The molecule has 4 rings (SSSR count). The Kier molecular flexibility index (Phi) is 6.39. The Balaban J connectivity index is 1.67. The van der Waals surface area contributed by atoms with E-state index in [0.29, 0.717) is 46.0 Å².